The molecule has 148 valence electrons. The van der Waals surface area contributed by atoms with Crippen LogP contribution in [0.2, 0.25) is 0 Å². The molecule has 1 unspecified atom stereocenters. The van der Waals surface area contributed by atoms with Gasteiger partial charge in [-0.1, -0.05) is 13.0 Å². The van der Waals surface area contributed by atoms with Gasteiger partial charge in [-0.25, -0.2) is 8.78 Å². The lowest BCUT2D eigenvalue weighted by Gasteiger charge is -2.36. The van der Waals surface area contributed by atoms with Crippen molar-refractivity contribution < 1.29 is 48.3 Å². The molecule has 0 saturated heterocycles. The molecular weight excluding hydrogens is 393 g/mol. The maximum Gasteiger partial charge on any atom is 0.409 e. The Morgan fingerprint density at radius 1 is 0.885 bits per heavy atom. The molecule has 0 saturated carbocycles. The zero-order chi connectivity index (χ0) is 21.2. The van der Waals surface area contributed by atoms with Gasteiger partial charge in [0.25, 0.3) is 0 Å². The van der Waals surface area contributed by atoms with Crippen LogP contribution in [0, 0.1) is 34.0 Å². The van der Waals surface area contributed by atoms with Gasteiger partial charge in [0.15, 0.2) is 5.41 Å². The summed E-state index contributed by atoms with van der Waals surface area (Å²) in [5, 5.41) is 17.6. The van der Waals surface area contributed by atoms with Gasteiger partial charge in [-0.15, -0.1) is 0 Å². The highest BCUT2D eigenvalue weighted by molar-refractivity contribution is 5.22. The summed E-state index contributed by atoms with van der Waals surface area (Å²) in [5.74, 6) is -21.3. The molecule has 0 radical (unpaired) electrons. The lowest BCUT2D eigenvalue weighted by atomic mass is 9.73. The molecule has 0 heterocycles. The zero-order valence-corrected chi connectivity index (χ0v) is 12.6. The number of alkyl halides is 11. The van der Waals surface area contributed by atoms with Gasteiger partial charge in [-0.2, -0.15) is 50.0 Å². The summed E-state index contributed by atoms with van der Waals surface area (Å²) in [6.07, 6.45) is -13.5. The number of hydrogen-bond donors (Lipinski definition) is 0. The van der Waals surface area contributed by atoms with Crippen LogP contribution in [-0.2, 0) is 0 Å². The Kier molecular flexibility index (Phi) is 6.71. The molecule has 2 nitrogen and oxygen atoms in total. The minimum Gasteiger partial charge on any atom is -0.203 e. The molecule has 0 amide bonds. The molecular formula is C13H9F11N2. The smallest absolute Gasteiger partial charge is 0.203 e. The Hall–Kier alpha value is -2.05. The van der Waals surface area contributed by atoms with Crippen molar-refractivity contribution in [1.29, 1.82) is 10.5 Å². The number of nitriles is 2. The summed E-state index contributed by atoms with van der Waals surface area (Å²) in [6, 6.07) is 1.57. The molecule has 0 rings (SSSR count). The summed E-state index contributed by atoms with van der Waals surface area (Å²) in [6.45, 7) is 0.591. The van der Waals surface area contributed by atoms with Crippen molar-refractivity contribution >= 4 is 0 Å². The Bertz CT molecular complexity index is 593. The largest absolute Gasteiger partial charge is 0.409 e. The second-order valence-corrected chi connectivity index (χ2v) is 5.26. The lowest BCUT2D eigenvalue weighted by molar-refractivity contribution is -0.342. The lowest BCUT2D eigenvalue weighted by Crippen LogP contribution is -2.59. The minimum atomic E-state index is -6.68. The third kappa shape index (κ3) is 4.56. The summed E-state index contributed by atoms with van der Waals surface area (Å²) in [7, 11) is 0. The van der Waals surface area contributed by atoms with Crippen LogP contribution in [0.4, 0.5) is 48.3 Å². The number of halogens is 11. The molecule has 0 aliphatic heterocycles. The van der Waals surface area contributed by atoms with E-state index in [9.17, 15) is 48.3 Å². The minimum absolute atomic E-state index is 0.0198. The van der Waals surface area contributed by atoms with E-state index >= 15 is 0 Å². The van der Waals surface area contributed by atoms with Crippen LogP contribution < -0.4 is 0 Å². The molecule has 1 atom stereocenters. The Morgan fingerprint density at radius 3 is 1.62 bits per heavy atom. The second kappa shape index (κ2) is 7.29. The number of allylic oxidation sites excluding steroid dienone is 2. The van der Waals surface area contributed by atoms with Gasteiger partial charge in [0.05, 0.1) is 18.6 Å². The third-order valence-electron chi connectivity index (χ3n) is 3.40. The van der Waals surface area contributed by atoms with Crippen LogP contribution in [0.25, 0.3) is 0 Å². The van der Waals surface area contributed by atoms with Gasteiger partial charge in [0.2, 0.25) is 0 Å². The van der Waals surface area contributed by atoms with Gasteiger partial charge < -0.3 is 0 Å². The van der Waals surface area contributed by atoms with Crippen LogP contribution in [-0.4, -0.2) is 30.4 Å². The molecule has 0 aromatic carbocycles. The van der Waals surface area contributed by atoms with Gasteiger partial charge >= 0.3 is 30.4 Å². The highest BCUT2D eigenvalue weighted by Crippen LogP contribution is 2.53. The van der Waals surface area contributed by atoms with Crippen molar-refractivity contribution in [3.8, 4) is 12.1 Å². The fourth-order valence-electron chi connectivity index (χ4n) is 1.73. The van der Waals surface area contributed by atoms with Gasteiger partial charge in [0, 0.05) is 12.0 Å². The molecule has 0 spiro atoms. The SMILES string of the molecule is CC(/C=C/C(F)(F)F)C(C#N)(C#N)CC(F)(F)C(F)(F)C(F)(F)C(F)F. The number of rotatable bonds is 7. The van der Waals surface area contributed by atoms with E-state index in [4.69, 9.17) is 10.5 Å². The Labute approximate surface area is 139 Å². The third-order valence-corrected chi connectivity index (χ3v) is 3.40. The fraction of sp³-hybridized carbons (Fsp3) is 0.692. The van der Waals surface area contributed by atoms with Crippen LogP contribution in [0.3, 0.4) is 0 Å². The maximum absolute atomic E-state index is 13.6. The summed E-state index contributed by atoms with van der Waals surface area (Å²) in [4.78, 5) is 0. The fourth-order valence-corrected chi connectivity index (χ4v) is 1.73. The summed E-state index contributed by atoms with van der Waals surface area (Å²) < 4.78 is 140. The van der Waals surface area contributed by atoms with Crippen molar-refractivity contribution in [2.75, 3.05) is 0 Å². The van der Waals surface area contributed by atoms with Crippen molar-refractivity contribution in [3.63, 3.8) is 0 Å². The van der Waals surface area contributed by atoms with Crippen LogP contribution in [0.15, 0.2) is 12.2 Å². The van der Waals surface area contributed by atoms with Crippen LogP contribution in [0.5, 0.6) is 0 Å². The monoisotopic (exact) mass is 402 g/mol. The van der Waals surface area contributed by atoms with Crippen molar-refractivity contribution in [2.45, 2.75) is 43.7 Å². The van der Waals surface area contributed by atoms with Crippen molar-refractivity contribution in [2.24, 2.45) is 11.3 Å². The number of nitrogens with zero attached hydrogens (tertiary/aromatic N) is 2. The van der Waals surface area contributed by atoms with Gasteiger partial charge in [-0.3, -0.25) is 0 Å². The predicted molar refractivity (Wildman–Crippen MR) is 63.5 cm³/mol. The normalized spacial score (nSPS) is 15.8. The van der Waals surface area contributed by atoms with Gasteiger partial charge in [-0.05, 0) is 0 Å². The summed E-state index contributed by atoms with van der Waals surface area (Å²) in [5.41, 5.74) is -3.33. The zero-order valence-electron chi connectivity index (χ0n) is 12.6. The predicted octanol–water partition coefficient (Wildman–Crippen LogP) is 5.34. The first kappa shape index (κ1) is 23.9. The van der Waals surface area contributed by atoms with E-state index in [2.05, 4.69) is 0 Å². The first-order valence-corrected chi connectivity index (χ1v) is 6.40. The average Bonchev–Trinajstić information content (AvgIpc) is 2.48. The topological polar surface area (TPSA) is 47.6 Å². The molecule has 0 aromatic rings. The molecule has 13 heteroatoms. The van der Waals surface area contributed by atoms with E-state index in [0.717, 1.165) is 12.1 Å². The molecule has 0 aliphatic carbocycles. The van der Waals surface area contributed by atoms with Crippen molar-refractivity contribution in [3.05, 3.63) is 12.2 Å². The van der Waals surface area contributed by atoms with E-state index < -0.39 is 54.2 Å². The highest BCUT2D eigenvalue weighted by atomic mass is 19.4. The van der Waals surface area contributed by atoms with Crippen molar-refractivity contribution in [1.82, 2.24) is 0 Å². The summed E-state index contributed by atoms with van der Waals surface area (Å²) >= 11 is 0. The second-order valence-electron chi connectivity index (χ2n) is 5.26. The molecule has 26 heavy (non-hydrogen) atoms. The Balaban J connectivity index is 6.01. The van der Waals surface area contributed by atoms with Crippen LogP contribution in [0.1, 0.15) is 13.3 Å². The van der Waals surface area contributed by atoms with E-state index in [1.165, 1.54) is 0 Å². The standard InChI is InChI=1S/C13H9F11N2/c1-7(2-3-11(18,19)20)9(5-25,6-26)4-10(16,17)13(23,24)12(21,22)8(14)15/h2-3,7-8H,4H2,1H3/b3-2+. The van der Waals surface area contributed by atoms with Gasteiger partial charge in [0.1, 0.15) is 0 Å². The molecule has 0 fully saturated rings. The molecule has 0 aromatic heterocycles. The van der Waals surface area contributed by atoms with E-state index in [1.54, 1.807) is 0 Å². The first-order valence-electron chi connectivity index (χ1n) is 6.40. The quantitative estimate of drug-likeness (QED) is 0.427. The van der Waals surface area contributed by atoms with Crippen LogP contribution >= 0.6 is 0 Å². The maximum atomic E-state index is 13.6. The molecule has 0 bridgehead atoms. The number of hydrogen-bond acceptors (Lipinski definition) is 2. The van der Waals surface area contributed by atoms with E-state index in [-0.39, 0.29) is 6.08 Å². The Morgan fingerprint density at radius 2 is 1.31 bits per heavy atom. The van der Waals surface area contributed by atoms with E-state index in [0.29, 0.717) is 6.92 Å². The molecule has 0 N–H and O–H groups in total. The first-order chi connectivity index (χ1) is 11.4. The molecule has 0 aliphatic rings. The highest BCUT2D eigenvalue weighted by Gasteiger charge is 2.76. The van der Waals surface area contributed by atoms with E-state index in [1.807, 2.05) is 0 Å². The average molecular weight is 402 g/mol.